The van der Waals surface area contributed by atoms with Crippen LogP contribution in [-0.2, 0) is 20.3 Å². The summed E-state index contributed by atoms with van der Waals surface area (Å²) in [5.41, 5.74) is -1.23. The first kappa shape index (κ1) is 18.9. The number of carbonyl (C=O) groups is 2. The maximum absolute atomic E-state index is 11.9. The van der Waals surface area contributed by atoms with Crippen LogP contribution < -0.4 is 5.32 Å². The minimum atomic E-state index is -0.923. The van der Waals surface area contributed by atoms with Crippen LogP contribution in [0, 0.1) is 0 Å². The molecule has 1 saturated heterocycles. The van der Waals surface area contributed by atoms with Gasteiger partial charge in [-0.15, -0.1) is 0 Å². The van der Waals surface area contributed by atoms with Gasteiger partial charge in [-0.05, 0) is 20.8 Å². The average molecular weight is 334 g/mol. The number of hydrogen-bond acceptors (Lipinski definition) is 5. The Balaban J connectivity index is 2.54. The zero-order valence-electron chi connectivity index (χ0n) is 13.7. The van der Waals surface area contributed by atoms with Gasteiger partial charge < -0.3 is 20.1 Å². The quantitative estimate of drug-likeness (QED) is 0.715. The van der Waals surface area contributed by atoms with Crippen LogP contribution in [0.5, 0.6) is 0 Å². The van der Waals surface area contributed by atoms with Crippen molar-refractivity contribution >= 4 is 22.9 Å². The first-order valence-corrected chi connectivity index (χ1v) is 8.85. The van der Waals surface area contributed by atoms with Crippen molar-refractivity contribution in [3.05, 3.63) is 0 Å². The molecule has 0 bridgehead atoms. The van der Waals surface area contributed by atoms with Crippen LogP contribution in [0.25, 0.3) is 0 Å². The molecule has 1 unspecified atom stereocenters. The lowest BCUT2D eigenvalue weighted by Crippen LogP contribution is -2.71. The minimum Gasteiger partial charge on any atom is -0.481 e. The van der Waals surface area contributed by atoms with Crippen LogP contribution in [0.3, 0.4) is 0 Å². The molecule has 0 saturated carbocycles. The molecule has 8 heteroatoms. The third kappa shape index (κ3) is 5.92. The van der Waals surface area contributed by atoms with Gasteiger partial charge in [0.05, 0.1) is 12.0 Å². The Bertz CT molecular complexity index is 441. The molecule has 128 valence electrons. The molecule has 0 aromatic rings. The average Bonchev–Trinajstić information content (AvgIpc) is 2.31. The number of rotatable bonds is 7. The van der Waals surface area contributed by atoms with E-state index in [1.54, 1.807) is 20.8 Å². The first-order chi connectivity index (χ1) is 10.1. The number of carboxylic acids is 1. The number of nitrogens with zero attached hydrogens (tertiary/aromatic N) is 1. The lowest BCUT2D eigenvalue weighted by atomic mass is 9.86. The molecule has 0 aromatic heterocycles. The Morgan fingerprint density at radius 3 is 2.41 bits per heavy atom. The number of hydrogen-bond donors (Lipinski definition) is 2. The number of nitrogens with one attached hydrogen (secondary N) is 1. The summed E-state index contributed by atoms with van der Waals surface area (Å²) < 4.78 is 16.7. The molecule has 0 aromatic carbocycles. The second kappa shape index (κ2) is 7.41. The van der Waals surface area contributed by atoms with E-state index < -0.39 is 34.0 Å². The maximum Gasteiger partial charge on any atom is 0.410 e. The summed E-state index contributed by atoms with van der Waals surface area (Å²) in [5.74, 6) is 0.134. The van der Waals surface area contributed by atoms with E-state index >= 15 is 0 Å². The van der Waals surface area contributed by atoms with E-state index in [0.29, 0.717) is 18.1 Å². The van der Waals surface area contributed by atoms with Crippen molar-refractivity contribution < 1.29 is 23.6 Å². The van der Waals surface area contributed by atoms with E-state index in [4.69, 9.17) is 9.84 Å². The van der Waals surface area contributed by atoms with Gasteiger partial charge in [0.1, 0.15) is 5.60 Å². The zero-order valence-corrected chi connectivity index (χ0v) is 14.5. The second-order valence-electron chi connectivity index (χ2n) is 6.55. The van der Waals surface area contributed by atoms with Gasteiger partial charge in [-0.25, -0.2) is 4.79 Å². The van der Waals surface area contributed by atoms with E-state index in [2.05, 4.69) is 5.32 Å². The summed E-state index contributed by atoms with van der Waals surface area (Å²) in [5, 5.41) is 12.2. The topological polar surface area (TPSA) is 95.9 Å². The van der Waals surface area contributed by atoms with E-state index in [1.807, 2.05) is 6.92 Å². The number of aliphatic carboxylic acids is 1. The van der Waals surface area contributed by atoms with Crippen molar-refractivity contribution in [3.8, 4) is 0 Å². The van der Waals surface area contributed by atoms with E-state index in [9.17, 15) is 13.8 Å². The lowest BCUT2D eigenvalue weighted by Gasteiger charge is -2.49. The highest BCUT2D eigenvalue weighted by Gasteiger charge is 2.47. The second-order valence-corrected chi connectivity index (χ2v) is 8.41. The fraction of sp³-hybridized carbons (Fsp3) is 0.857. The van der Waals surface area contributed by atoms with Gasteiger partial charge in [0.25, 0.3) is 0 Å². The molecule has 0 radical (unpaired) electrons. The fourth-order valence-electron chi connectivity index (χ4n) is 2.29. The highest BCUT2D eigenvalue weighted by atomic mass is 32.2. The number of ether oxygens (including phenoxy) is 1. The standard InChI is InChI=1S/C14H26N2O5S/c1-5-22(20)7-6-15-14(8-11(17)18)9-16(10-14)12(19)21-13(2,3)4/h15H,5-10H2,1-4H3,(H,17,18). The van der Waals surface area contributed by atoms with Crippen LogP contribution in [0.15, 0.2) is 0 Å². The highest BCUT2D eigenvalue weighted by Crippen LogP contribution is 2.26. The van der Waals surface area contributed by atoms with Crippen LogP contribution in [0.4, 0.5) is 4.79 Å². The normalized spacial score (nSPS) is 18.5. The predicted molar refractivity (Wildman–Crippen MR) is 84.3 cm³/mol. The van der Waals surface area contributed by atoms with Crippen LogP contribution in [0.2, 0.25) is 0 Å². The van der Waals surface area contributed by atoms with Crippen LogP contribution >= 0.6 is 0 Å². The third-order valence-electron chi connectivity index (χ3n) is 3.28. The molecule has 1 atom stereocenters. The van der Waals surface area contributed by atoms with E-state index in [0.717, 1.165) is 0 Å². The number of carbonyl (C=O) groups excluding carboxylic acids is 1. The molecule has 0 aliphatic carbocycles. The molecule has 1 fully saturated rings. The molecule has 1 aliphatic heterocycles. The van der Waals surface area contributed by atoms with E-state index in [-0.39, 0.29) is 19.5 Å². The third-order valence-corrected chi connectivity index (χ3v) is 4.58. The first-order valence-electron chi connectivity index (χ1n) is 7.37. The summed E-state index contributed by atoms with van der Waals surface area (Å²) in [4.78, 5) is 24.4. The molecule has 0 spiro atoms. The number of amides is 1. The molecule has 1 heterocycles. The Morgan fingerprint density at radius 2 is 1.95 bits per heavy atom. The Kier molecular flexibility index (Phi) is 6.37. The smallest absolute Gasteiger partial charge is 0.410 e. The van der Waals surface area contributed by atoms with Crippen molar-refractivity contribution in [1.82, 2.24) is 10.2 Å². The molecule has 7 nitrogen and oxygen atoms in total. The molecule has 1 rings (SSSR count). The van der Waals surface area contributed by atoms with Crippen LogP contribution in [-0.4, -0.2) is 68.6 Å². The molecule has 22 heavy (non-hydrogen) atoms. The van der Waals surface area contributed by atoms with Crippen molar-refractivity contribution in [2.45, 2.75) is 45.3 Å². The predicted octanol–water partition coefficient (Wildman–Crippen LogP) is 0.809. The monoisotopic (exact) mass is 334 g/mol. The largest absolute Gasteiger partial charge is 0.481 e. The van der Waals surface area contributed by atoms with Gasteiger partial charge in [0.15, 0.2) is 0 Å². The summed E-state index contributed by atoms with van der Waals surface area (Å²) in [6, 6.07) is 0. The number of carboxylic acid groups (broad SMARTS) is 1. The SMILES string of the molecule is CCS(=O)CCNC1(CC(=O)O)CN(C(=O)OC(C)(C)C)C1. The molecule has 2 N–H and O–H groups in total. The minimum absolute atomic E-state index is 0.0783. The molecular formula is C14H26N2O5S. The summed E-state index contributed by atoms with van der Waals surface area (Å²) in [6.07, 6.45) is -0.516. The van der Waals surface area contributed by atoms with Gasteiger partial charge in [-0.1, -0.05) is 6.92 Å². The summed E-state index contributed by atoms with van der Waals surface area (Å²) in [7, 11) is -0.898. The van der Waals surface area contributed by atoms with Gasteiger partial charge in [-0.3, -0.25) is 9.00 Å². The van der Waals surface area contributed by atoms with Crippen molar-refractivity contribution in [2.75, 3.05) is 31.1 Å². The van der Waals surface area contributed by atoms with Crippen molar-refractivity contribution in [2.24, 2.45) is 0 Å². The van der Waals surface area contributed by atoms with Gasteiger partial charge in [0, 0.05) is 41.9 Å². The molecule has 1 aliphatic rings. The van der Waals surface area contributed by atoms with Gasteiger partial charge in [-0.2, -0.15) is 0 Å². The molecular weight excluding hydrogens is 308 g/mol. The Hall–Kier alpha value is -1.15. The number of likely N-dealkylation sites (tertiary alicyclic amines) is 1. The maximum atomic E-state index is 11.9. The highest BCUT2D eigenvalue weighted by molar-refractivity contribution is 7.84. The summed E-state index contributed by atoms with van der Waals surface area (Å²) in [6.45, 7) is 8.24. The Labute approximate surface area is 133 Å². The summed E-state index contributed by atoms with van der Waals surface area (Å²) >= 11 is 0. The van der Waals surface area contributed by atoms with Crippen molar-refractivity contribution in [3.63, 3.8) is 0 Å². The molecule has 1 amide bonds. The van der Waals surface area contributed by atoms with Crippen molar-refractivity contribution in [1.29, 1.82) is 0 Å². The van der Waals surface area contributed by atoms with Gasteiger partial charge >= 0.3 is 12.1 Å². The fourth-order valence-corrected chi connectivity index (χ4v) is 2.91. The Morgan fingerprint density at radius 1 is 1.36 bits per heavy atom. The van der Waals surface area contributed by atoms with Gasteiger partial charge in [0.2, 0.25) is 0 Å². The lowest BCUT2D eigenvalue weighted by molar-refractivity contribution is -0.141. The van der Waals surface area contributed by atoms with E-state index in [1.165, 1.54) is 4.90 Å². The van der Waals surface area contributed by atoms with Crippen LogP contribution in [0.1, 0.15) is 34.1 Å². The zero-order chi connectivity index (χ0) is 17.0.